The molecule has 2 N–H and O–H groups in total. The molecule has 0 spiro atoms. The molecule has 88 valence electrons. The first-order valence-electron chi connectivity index (χ1n) is 5.72. The molecule has 16 heavy (non-hydrogen) atoms. The Kier molecular flexibility index (Phi) is 4.99. The SMILES string of the molecule is CCc1ccccc1C(=O)NC(CC)CO. The van der Waals surface area contributed by atoms with Crippen LogP contribution in [-0.2, 0) is 6.42 Å². The summed E-state index contributed by atoms with van der Waals surface area (Å²) in [5.41, 5.74) is 1.74. The smallest absolute Gasteiger partial charge is 0.251 e. The van der Waals surface area contributed by atoms with Gasteiger partial charge in [0.2, 0.25) is 0 Å². The number of aliphatic hydroxyl groups excluding tert-OH is 1. The molecule has 0 saturated carbocycles. The van der Waals surface area contributed by atoms with Gasteiger partial charge in [0.25, 0.3) is 5.91 Å². The van der Waals surface area contributed by atoms with Gasteiger partial charge < -0.3 is 10.4 Å². The highest BCUT2D eigenvalue weighted by Crippen LogP contribution is 2.09. The second-order valence-electron chi connectivity index (χ2n) is 3.77. The average Bonchev–Trinajstić information content (AvgIpc) is 2.35. The Balaban J connectivity index is 2.79. The molecule has 0 bridgehead atoms. The van der Waals surface area contributed by atoms with E-state index in [0.717, 1.165) is 18.4 Å². The summed E-state index contributed by atoms with van der Waals surface area (Å²) in [6, 6.07) is 7.40. The van der Waals surface area contributed by atoms with Gasteiger partial charge in [-0.2, -0.15) is 0 Å². The third kappa shape index (κ3) is 3.07. The predicted octanol–water partition coefficient (Wildman–Crippen LogP) is 1.75. The van der Waals surface area contributed by atoms with Gasteiger partial charge in [0.05, 0.1) is 12.6 Å². The number of hydrogen-bond acceptors (Lipinski definition) is 2. The van der Waals surface area contributed by atoms with Crippen molar-refractivity contribution >= 4 is 5.91 Å². The van der Waals surface area contributed by atoms with Gasteiger partial charge in [-0.3, -0.25) is 4.79 Å². The molecule has 0 aliphatic heterocycles. The lowest BCUT2D eigenvalue weighted by molar-refractivity contribution is 0.0914. The van der Waals surface area contributed by atoms with Crippen LogP contribution in [-0.4, -0.2) is 23.7 Å². The van der Waals surface area contributed by atoms with Crippen molar-refractivity contribution in [2.24, 2.45) is 0 Å². The molecule has 0 radical (unpaired) electrons. The molecule has 1 atom stereocenters. The van der Waals surface area contributed by atoms with Crippen LogP contribution in [0, 0.1) is 0 Å². The van der Waals surface area contributed by atoms with Crippen LogP contribution >= 0.6 is 0 Å². The Hall–Kier alpha value is -1.35. The topological polar surface area (TPSA) is 49.3 Å². The Bertz CT molecular complexity index is 346. The van der Waals surface area contributed by atoms with Crippen molar-refractivity contribution < 1.29 is 9.90 Å². The fourth-order valence-electron chi connectivity index (χ4n) is 1.59. The van der Waals surface area contributed by atoms with Gasteiger partial charge in [0.1, 0.15) is 0 Å². The molecule has 0 saturated heterocycles. The number of amides is 1. The second kappa shape index (κ2) is 6.28. The van der Waals surface area contributed by atoms with E-state index < -0.39 is 0 Å². The molecule has 1 amide bonds. The van der Waals surface area contributed by atoms with Gasteiger partial charge in [0.15, 0.2) is 0 Å². The Morgan fingerprint density at radius 3 is 2.62 bits per heavy atom. The fraction of sp³-hybridized carbons (Fsp3) is 0.462. The molecule has 1 unspecified atom stereocenters. The van der Waals surface area contributed by atoms with E-state index in [2.05, 4.69) is 5.32 Å². The highest BCUT2D eigenvalue weighted by atomic mass is 16.3. The van der Waals surface area contributed by atoms with Crippen molar-refractivity contribution in [3.8, 4) is 0 Å². The minimum absolute atomic E-state index is 0.0173. The standard InChI is InChI=1S/C13H19NO2/c1-3-10-7-5-6-8-12(10)13(16)14-11(4-2)9-15/h5-8,11,15H,3-4,9H2,1-2H3,(H,14,16). The van der Waals surface area contributed by atoms with Crippen LogP contribution in [0.25, 0.3) is 0 Å². The zero-order valence-electron chi connectivity index (χ0n) is 9.86. The first-order chi connectivity index (χ1) is 7.72. The number of carbonyl (C=O) groups is 1. The van der Waals surface area contributed by atoms with E-state index in [1.165, 1.54) is 0 Å². The largest absolute Gasteiger partial charge is 0.394 e. The minimum atomic E-state index is -0.155. The van der Waals surface area contributed by atoms with Gasteiger partial charge in [-0.1, -0.05) is 32.0 Å². The van der Waals surface area contributed by atoms with Crippen molar-refractivity contribution in [3.05, 3.63) is 35.4 Å². The summed E-state index contributed by atoms with van der Waals surface area (Å²) in [6.45, 7) is 3.94. The Morgan fingerprint density at radius 1 is 1.38 bits per heavy atom. The van der Waals surface area contributed by atoms with Crippen LogP contribution < -0.4 is 5.32 Å². The first-order valence-corrected chi connectivity index (χ1v) is 5.72. The van der Waals surface area contributed by atoms with Gasteiger partial charge in [-0.05, 0) is 24.5 Å². The van der Waals surface area contributed by atoms with Crippen molar-refractivity contribution in [1.82, 2.24) is 5.32 Å². The lowest BCUT2D eigenvalue weighted by Gasteiger charge is -2.15. The molecule has 3 nitrogen and oxygen atoms in total. The van der Waals surface area contributed by atoms with Crippen molar-refractivity contribution in [3.63, 3.8) is 0 Å². The molecule has 0 fully saturated rings. The third-order valence-corrected chi connectivity index (χ3v) is 2.69. The number of nitrogens with one attached hydrogen (secondary N) is 1. The fourth-order valence-corrected chi connectivity index (χ4v) is 1.59. The highest BCUT2D eigenvalue weighted by Gasteiger charge is 2.13. The van der Waals surface area contributed by atoms with Gasteiger partial charge in [0, 0.05) is 5.56 Å². The monoisotopic (exact) mass is 221 g/mol. The van der Waals surface area contributed by atoms with E-state index in [-0.39, 0.29) is 18.6 Å². The van der Waals surface area contributed by atoms with Crippen molar-refractivity contribution in [2.45, 2.75) is 32.7 Å². The molecule has 3 heteroatoms. The average molecular weight is 221 g/mol. The molecule has 1 aromatic rings. The molecule has 0 aliphatic carbocycles. The molecular weight excluding hydrogens is 202 g/mol. The quantitative estimate of drug-likeness (QED) is 0.795. The Morgan fingerprint density at radius 2 is 2.06 bits per heavy atom. The van der Waals surface area contributed by atoms with Crippen LogP contribution in [0.1, 0.15) is 36.2 Å². The number of hydrogen-bond donors (Lipinski definition) is 2. The first kappa shape index (κ1) is 12.7. The Labute approximate surface area is 96.5 Å². The van der Waals surface area contributed by atoms with Crippen LogP contribution in [0.4, 0.5) is 0 Å². The molecule has 1 rings (SSSR count). The number of rotatable bonds is 5. The number of carbonyl (C=O) groups excluding carboxylic acids is 1. The number of benzene rings is 1. The van der Waals surface area contributed by atoms with Crippen LogP contribution in [0.5, 0.6) is 0 Å². The predicted molar refractivity (Wildman–Crippen MR) is 64.5 cm³/mol. The van der Waals surface area contributed by atoms with E-state index in [4.69, 9.17) is 5.11 Å². The highest BCUT2D eigenvalue weighted by molar-refractivity contribution is 5.95. The van der Waals surface area contributed by atoms with E-state index in [1.54, 1.807) is 0 Å². The normalized spacial score (nSPS) is 12.2. The second-order valence-corrected chi connectivity index (χ2v) is 3.77. The molecule has 0 aromatic heterocycles. The van der Waals surface area contributed by atoms with Crippen LogP contribution in [0.15, 0.2) is 24.3 Å². The molecule has 1 aromatic carbocycles. The van der Waals surface area contributed by atoms with E-state index in [0.29, 0.717) is 5.56 Å². The molecule has 0 aliphatic rings. The van der Waals surface area contributed by atoms with E-state index in [9.17, 15) is 4.79 Å². The van der Waals surface area contributed by atoms with Gasteiger partial charge >= 0.3 is 0 Å². The summed E-state index contributed by atoms with van der Waals surface area (Å²) in [6.07, 6.45) is 1.57. The maximum atomic E-state index is 11.9. The van der Waals surface area contributed by atoms with Gasteiger partial charge in [-0.25, -0.2) is 0 Å². The summed E-state index contributed by atoms with van der Waals surface area (Å²) < 4.78 is 0. The van der Waals surface area contributed by atoms with Crippen molar-refractivity contribution in [2.75, 3.05) is 6.61 Å². The summed E-state index contributed by atoms with van der Waals surface area (Å²) in [5, 5.41) is 11.9. The lowest BCUT2D eigenvalue weighted by atomic mass is 10.0. The zero-order valence-corrected chi connectivity index (χ0v) is 9.86. The maximum absolute atomic E-state index is 11.9. The van der Waals surface area contributed by atoms with Crippen molar-refractivity contribution in [1.29, 1.82) is 0 Å². The summed E-state index contributed by atoms with van der Waals surface area (Å²) in [4.78, 5) is 11.9. The zero-order chi connectivity index (χ0) is 12.0. The molecule has 0 heterocycles. The number of aliphatic hydroxyl groups is 1. The van der Waals surface area contributed by atoms with Gasteiger partial charge in [-0.15, -0.1) is 0 Å². The third-order valence-electron chi connectivity index (χ3n) is 2.69. The molecular formula is C13H19NO2. The summed E-state index contributed by atoms with van der Waals surface area (Å²) in [5.74, 6) is -0.0987. The van der Waals surface area contributed by atoms with Crippen LogP contribution in [0.2, 0.25) is 0 Å². The maximum Gasteiger partial charge on any atom is 0.251 e. The van der Waals surface area contributed by atoms with Crippen LogP contribution in [0.3, 0.4) is 0 Å². The van der Waals surface area contributed by atoms with E-state index in [1.807, 2.05) is 38.1 Å². The summed E-state index contributed by atoms with van der Waals surface area (Å²) in [7, 11) is 0. The lowest BCUT2D eigenvalue weighted by Crippen LogP contribution is -2.37. The number of aryl methyl sites for hydroxylation is 1. The summed E-state index contributed by atoms with van der Waals surface area (Å²) >= 11 is 0. The van der Waals surface area contributed by atoms with E-state index >= 15 is 0 Å². The minimum Gasteiger partial charge on any atom is -0.394 e.